The van der Waals surface area contributed by atoms with Gasteiger partial charge in [0, 0.05) is 37.1 Å². The summed E-state index contributed by atoms with van der Waals surface area (Å²) in [5.74, 6) is 1.89. The largest absolute Gasteiger partial charge is 0.357 e. The van der Waals surface area contributed by atoms with Crippen molar-refractivity contribution >= 4 is 41.5 Å². The van der Waals surface area contributed by atoms with E-state index in [-0.39, 0.29) is 30.0 Å². The number of halogens is 2. The monoisotopic (exact) mass is 489 g/mol. The Morgan fingerprint density at radius 2 is 2.08 bits per heavy atom. The molecule has 1 aromatic carbocycles. The molecule has 0 aliphatic rings. The van der Waals surface area contributed by atoms with Crippen molar-refractivity contribution in [3.05, 3.63) is 53.1 Å². The van der Waals surface area contributed by atoms with Crippen LogP contribution in [0.1, 0.15) is 44.1 Å². The highest BCUT2D eigenvalue weighted by Crippen LogP contribution is 2.21. The van der Waals surface area contributed by atoms with E-state index in [9.17, 15) is 0 Å². The van der Waals surface area contributed by atoms with E-state index >= 15 is 0 Å². The van der Waals surface area contributed by atoms with Crippen molar-refractivity contribution < 1.29 is 0 Å². The molecule has 0 aliphatic heterocycles. The lowest BCUT2D eigenvalue weighted by molar-refractivity contribution is 0.599. The summed E-state index contributed by atoms with van der Waals surface area (Å²) in [6.07, 6.45) is 5.99. The number of rotatable bonds is 8. The Balaban J connectivity index is 0.00000338. The zero-order chi connectivity index (χ0) is 18.1. The first-order valence-corrected chi connectivity index (χ1v) is 9.26. The Kier molecular flexibility index (Phi) is 10.7. The fourth-order valence-corrected chi connectivity index (χ4v) is 2.95. The number of nitrogens with one attached hydrogen (secondary N) is 2. The van der Waals surface area contributed by atoms with Crippen LogP contribution in [0.4, 0.5) is 0 Å². The molecule has 0 spiro atoms. The predicted octanol–water partition coefficient (Wildman–Crippen LogP) is 4.56. The summed E-state index contributed by atoms with van der Waals surface area (Å²) in [6.45, 7) is 8.80. The molecule has 1 unspecified atom stereocenters. The van der Waals surface area contributed by atoms with Crippen molar-refractivity contribution in [2.24, 2.45) is 4.99 Å². The second-order valence-electron chi connectivity index (χ2n) is 6.02. The SMILES string of the molecule is CCNC(=NCCCCn1ccnc1C)NC(C)c1ccccc1Cl.I. The molecule has 0 saturated heterocycles. The molecule has 1 aromatic heterocycles. The Morgan fingerprint density at radius 3 is 2.73 bits per heavy atom. The van der Waals surface area contributed by atoms with Crippen molar-refractivity contribution in [1.82, 2.24) is 20.2 Å². The second kappa shape index (κ2) is 12.2. The summed E-state index contributed by atoms with van der Waals surface area (Å²) in [5.41, 5.74) is 1.07. The molecule has 5 nitrogen and oxygen atoms in total. The van der Waals surface area contributed by atoms with Gasteiger partial charge in [-0.05, 0) is 45.2 Å². The van der Waals surface area contributed by atoms with Crippen molar-refractivity contribution in [3.8, 4) is 0 Å². The maximum Gasteiger partial charge on any atom is 0.191 e. The van der Waals surface area contributed by atoms with E-state index in [1.165, 1.54) is 0 Å². The maximum atomic E-state index is 6.28. The highest BCUT2D eigenvalue weighted by atomic mass is 127. The lowest BCUT2D eigenvalue weighted by Gasteiger charge is -2.19. The van der Waals surface area contributed by atoms with Gasteiger partial charge in [-0.3, -0.25) is 4.99 Å². The summed E-state index contributed by atoms with van der Waals surface area (Å²) < 4.78 is 2.17. The summed E-state index contributed by atoms with van der Waals surface area (Å²) in [4.78, 5) is 8.92. The first kappa shape index (κ1) is 22.8. The topological polar surface area (TPSA) is 54.2 Å². The number of imidazole rings is 1. The molecule has 0 bridgehead atoms. The van der Waals surface area contributed by atoms with Gasteiger partial charge in [-0.25, -0.2) is 4.98 Å². The molecule has 0 amide bonds. The molecule has 0 saturated carbocycles. The van der Waals surface area contributed by atoms with Gasteiger partial charge in [-0.2, -0.15) is 0 Å². The molecule has 1 atom stereocenters. The van der Waals surface area contributed by atoms with E-state index in [1.54, 1.807) is 0 Å². The third-order valence-corrected chi connectivity index (χ3v) is 4.41. The number of guanidine groups is 1. The molecule has 1 heterocycles. The van der Waals surface area contributed by atoms with Crippen LogP contribution in [0.25, 0.3) is 0 Å². The highest BCUT2D eigenvalue weighted by molar-refractivity contribution is 14.0. The predicted molar refractivity (Wildman–Crippen MR) is 121 cm³/mol. The van der Waals surface area contributed by atoms with E-state index < -0.39 is 0 Å². The molecule has 0 fully saturated rings. The van der Waals surface area contributed by atoms with Gasteiger partial charge in [-0.15, -0.1) is 24.0 Å². The Bertz CT molecular complexity index is 686. The van der Waals surface area contributed by atoms with Gasteiger partial charge in [0.2, 0.25) is 0 Å². The fourth-order valence-electron chi connectivity index (χ4n) is 2.65. The van der Waals surface area contributed by atoms with Crippen LogP contribution in [0.2, 0.25) is 5.02 Å². The smallest absolute Gasteiger partial charge is 0.191 e. The van der Waals surface area contributed by atoms with Gasteiger partial charge in [0.05, 0.1) is 6.04 Å². The van der Waals surface area contributed by atoms with Gasteiger partial charge in [0.25, 0.3) is 0 Å². The molecule has 2 rings (SSSR count). The molecule has 2 N–H and O–H groups in total. The normalized spacial score (nSPS) is 12.4. The second-order valence-corrected chi connectivity index (χ2v) is 6.43. The minimum absolute atomic E-state index is 0. The van der Waals surface area contributed by atoms with Crippen LogP contribution in [-0.4, -0.2) is 28.6 Å². The number of hydrogen-bond donors (Lipinski definition) is 2. The number of unbranched alkanes of at least 4 members (excludes halogenated alkanes) is 1. The average Bonchev–Trinajstić information content (AvgIpc) is 3.00. The summed E-state index contributed by atoms with van der Waals surface area (Å²) in [7, 11) is 0. The molecule has 144 valence electrons. The molecule has 26 heavy (non-hydrogen) atoms. The lowest BCUT2D eigenvalue weighted by Crippen LogP contribution is -2.38. The molecular formula is C19H29ClIN5. The van der Waals surface area contributed by atoms with Gasteiger partial charge in [-0.1, -0.05) is 29.8 Å². The average molecular weight is 490 g/mol. The van der Waals surface area contributed by atoms with Crippen LogP contribution in [0.15, 0.2) is 41.7 Å². The van der Waals surface area contributed by atoms with Gasteiger partial charge in [0.15, 0.2) is 5.96 Å². The maximum absolute atomic E-state index is 6.28. The van der Waals surface area contributed by atoms with Crippen molar-refractivity contribution in [1.29, 1.82) is 0 Å². The first-order valence-electron chi connectivity index (χ1n) is 8.88. The molecule has 7 heteroatoms. The standard InChI is InChI=1S/C19H28ClN5.HI/c1-4-21-19(24-15(2)17-9-5-6-10-18(17)20)23-11-7-8-13-25-14-12-22-16(25)3;/h5-6,9-10,12,14-15H,4,7-8,11,13H2,1-3H3,(H2,21,23,24);1H. The van der Waals surface area contributed by atoms with E-state index in [1.807, 2.05) is 43.6 Å². The quantitative estimate of drug-likeness (QED) is 0.247. The third kappa shape index (κ3) is 7.15. The van der Waals surface area contributed by atoms with Crippen LogP contribution in [-0.2, 0) is 6.54 Å². The molecular weight excluding hydrogens is 461 g/mol. The Hall–Kier alpha value is -1.28. The third-order valence-electron chi connectivity index (χ3n) is 4.07. The number of benzene rings is 1. The van der Waals surface area contributed by atoms with E-state index in [0.717, 1.165) is 54.8 Å². The Labute approximate surface area is 178 Å². The zero-order valence-corrected chi connectivity index (χ0v) is 18.8. The van der Waals surface area contributed by atoms with E-state index in [4.69, 9.17) is 11.6 Å². The van der Waals surface area contributed by atoms with E-state index in [0.29, 0.717) is 0 Å². The van der Waals surface area contributed by atoms with Crippen LogP contribution in [0.3, 0.4) is 0 Å². The lowest BCUT2D eigenvalue weighted by atomic mass is 10.1. The fraction of sp³-hybridized carbons (Fsp3) is 0.474. The zero-order valence-electron chi connectivity index (χ0n) is 15.7. The number of aryl methyl sites for hydroxylation is 2. The summed E-state index contributed by atoms with van der Waals surface area (Å²) in [6, 6.07) is 8.00. The first-order chi connectivity index (χ1) is 12.1. The van der Waals surface area contributed by atoms with Crippen molar-refractivity contribution in [2.45, 2.75) is 46.2 Å². The molecule has 0 radical (unpaired) electrons. The number of aromatic nitrogens is 2. The molecule has 2 aromatic rings. The number of aliphatic imine (C=N–C) groups is 1. The van der Waals surface area contributed by atoms with Crippen molar-refractivity contribution in [3.63, 3.8) is 0 Å². The van der Waals surface area contributed by atoms with E-state index in [2.05, 4.69) is 39.0 Å². The Morgan fingerprint density at radius 1 is 1.31 bits per heavy atom. The van der Waals surface area contributed by atoms with Crippen molar-refractivity contribution in [2.75, 3.05) is 13.1 Å². The van der Waals surface area contributed by atoms with Crippen LogP contribution in [0.5, 0.6) is 0 Å². The van der Waals surface area contributed by atoms with Crippen LogP contribution >= 0.6 is 35.6 Å². The van der Waals surface area contributed by atoms with Gasteiger partial charge < -0.3 is 15.2 Å². The van der Waals surface area contributed by atoms with Gasteiger partial charge >= 0.3 is 0 Å². The van der Waals surface area contributed by atoms with Gasteiger partial charge in [0.1, 0.15) is 5.82 Å². The van der Waals surface area contributed by atoms with Crippen LogP contribution < -0.4 is 10.6 Å². The summed E-state index contributed by atoms with van der Waals surface area (Å²) in [5, 5.41) is 7.50. The minimum Gasteiger partial charge on any atom is -0.357 e. The summed E-state index contributed by atoms with van der Waals surface area (Å²) >= 11 is 6.28. The highest BCUT2D eigenvalue weighted by Gasteiger charge is 2.10. The van der Waals surface area contributed by atoms with Crippen LogP contribution in [0, 0.1) is 6.92 Å². The molecule has 0 aliphatic carbocycles. The number of nitrogens with zero attached hydrogens (tertiary/aromatic N) is 3. The number of hydrogen-bond acceptors (Lipinski definition) is 2. The minimum atomic E-state index is 0.